The molecule has 0 unspecified atom stereocenters. The van der Waals surface area contributed by atoms with Gasteiger partial charge in [-0.3, -0.25) is 13.9 Å². The van der Waals surface area contributed by atoms with Crippen molar-refractivity contribution < 1.29 is 18.0 Å². The number of nitrogens with zero attached hydrogens (tertiary/aromatic N) is 2. The van der Waals surface area contributed by atoms with Crippen LogP contribution in [0.4, 0.5) is 5.69 Å². The van der Waals surface area contributed by atoms with E-state index in [4.69, 9.17) is 11.6 Å². The van der Waals surface area contributed by atoms with Gasteiger partial charge in [-0.15, -0.1) is 0 Å². The second-order valence-corrected chi connectivity index (χ2v) is 12.2. The summed E-state index contributed by atoms with van der Waals surface area (Å²) in [7, 11) is -3.55. The number of aryl methyl sites for hydroxylation is 1. The molecule has 1 atom stereocenters. The van der Waals surface area contributed by atoms with Gasteiger partial charge in [-0.05, 0) is 62.4 Å². The first-order valence-corrected chi connectivity index (χ1v) is 15.2. The maximum Gasteiger partial charge on any atom is 0.243 e. The summed E-state index contributed by atoms with van der Waals surface area (Å²) >= 11 is 5.96. The van der Waals surface area contributed by atoms with E-state index in [0.29, 0.717) is 30.1 Å². The Hall–Kier alpha value is -2.58. The number of amides is 2. The number of carbonyl (C=O) groups excluding carboxylic acids is 2. The van der Waals surface area contributed by atoms with E-state index in [-0.39, 0.29) is 30.8 Å². The van der Waals surface area contributed by atoms with E-state index < -0.39 is 16.1 Å². The number of hydrogen-bond acceptors (Lipinski definition) is 4. The second kappa shape index (κ2) is 13.3. The van der Waals surface area contributed by atoms with Crippen molar-refractivity contribution in [2.75, 3.05) is 17.1 Å². The number of carbonyl (C=O) groups is 2. The molecular formula is C28H38ClN3O4S. The smallest absolute Gasteiger partial charge is 0.243 e. The van der Waals surface area contributed by atoms with Crippen LogP contribution in [0.1, 0.15) is 63.0 Å². The average molecular weight is 548 g/mol. The van der Waals surface area contributed by atoms with Crippen molar-refractivity contribution in [3.63, 3.8) is 0 Å². The summed E-state index contributed by atoms with van der Waals surface area (Å²) < 4.78 is 26.2. The van der Waals surface area contributed by atoms with Crippen molar-refractivity contribution >= 4 is 39.1 Å². The van der Waals surface area contributed by atoms with Crippen molar-refractivity contribution in [1.82, 2.24) is 10.2 Å². The first-order chi connectivity index (χ1) is 17.6. The molecule has 1 saturated carbocycles. The molecule has 0 heterocycles. The molecule has 0 aliphatic heterocycles. The monoisotopic (exact) mass is 547 g/mol. The van der Waals surface area contributed by atoms with Gasteiger partial charge in [-0.2, -0.15) is 0 Å². The summed E-state index contributed by atoms with van der Waals surface area (Å²) in [6.45, 7) is 4.39. The molecule has 7 nitrogen and oxygen atoms in total. The molecular weight excluding hydrogens is 510 g/mol. The fourth-order valence-corrected chi connectivity index (χ4v) is 6.00. The molecule has 2 amide bonds. The molecule has 1 aliphatic carbocycles. The third-order valence-corrected chi connectivity index (χ3v) is 8.24. The number of hydrogen-bond donors (Lipinski definition) is 1. The molecule has 1 fully saturated rings. The van der Waals surface area contributed by atoms with E-state index in [1.165, 1.54) is 4.31 Å². The van der Waals surface area contributed by atoms with Crippen LogP contribution in [0.5, 0.6) is 0 Å². The normalized spacial score (nSPS) is 14.8. The molecule has 0 saturated heterocycles. The molecule has 1 N–H and O–H groups in total. The fraction of sp³-hybridized carbons (Fsp3) is 0.500. The quantitative estimate of drug-likeness (QED) is 0.402. The zero-order valence-corrected chi connectivity index (χ0v) is 23.5. The topological polar surface area (TPSA) is 86.8 Å². The van der Waals surface area contributed by atoms with Crippen molar-refractivity contribution in [3.8, 4) is 0 Å². The maximum atomic E-state index is 13.5. The highest BCUT2D eigenvalue weighted by Gasteiger charge is 2.30. The Morgan fingerprint density at radius 2 is 1.78 bits per heavy atom. The molecule has 0 aromatic heterocycles. The lowest BCUT2D eigenvalue weighted by Crippen LogP contribution is -2.51. The van der Waals surface area contributed by atoms with E-state index >= 15 is 0 Å². The van der Waals surface area contributed by atoms with Gasteiger partial charge in [0.05, 0.1) is 11.9 Å². The third kappa shape index (κ3) is 8.47. The highest BCUT2D eigenvalue weighted by Crippen LogP contribution is 2.23. The summed E-state index contributed by atoms with van der Waals surface area (Å²) in [4.78, 5) is 28.5. The average Bonchev–Trinajstić information content (AvgIpc) is 3.34. The fourth-order valence-electron chi connectivity index (χ4n) is 4.91. The van der Waals surface area contributed by atoms with Gasteiger partial charge >= 0.3 is 0 Å². The molecule has 3 rings (SSSR count). The van der Waals surface area contributed by atoms with Crippen molar-refractivity contribution in [2.24, 2.45) is 0 Å². The second-order valence-electron chi connectivity index (χ2n) is 9.84. The van der Waals surface area contributed by atoms with Gasteiger partial charge in [0.2, 0.25) is 21.8 Å². The number of rotatable bonds is 12. The molecule has 202 valence electrons. The van der Waals surface area contributed by atoms with Crippen LogP contribution in [0.3, 0.4) is 0 Å². The SMILES string of the molecule is CC[C@@H](C(=O)NC1CCCC1)N(Cc1cccc(C)c1)C(=O)CCCN(c1ccc(Cl)cc1)S(C)(=O)=O. The lowest BCUT2D eigenvalue weighted by atomic mass is 10.1. The van der Waals surface area contributed by atoms with Gasteiger partial charge in [0, 0.05) is 30.6 Å². The highest BCUT2D eigenvalue weighted by atomic mass is 35.5. The van der Waals surface area contributed by atoms with Crippen LogP contribution in [0, 0.1) is 6.92 Å². The first kappa shape index (κ1) is 29.0. The number of halogens is 1. The minimum absolute atomic E-state index is 0.116. The highest BCUT2D eigenvalue weighted by molar-refractivity contribution is 7.92. The lowest BCUT2D eigenvalue weighted by Gasteiger charge is -2.32. The van der Waals surface area contributed by atoms with Crippen LogP contribution >= 0.6 is 11.6 Å². The van der Waals surface area contributed by atoms with Crippen molar-refractivity contribution in [1.29, 1.82) is 0 Å². The number of benzene rings is 2. The Morgan fingerprint density at radius 1 is 1.11 bits per heavy atom. The zero-order chi connectivity index (χ0) is 27.0. The van der Waals surface area contributed by atoms with Crippen molar-refractivity contribution in [2.45, 2.75) is 77.4 Å². The van der Waals surface area contributed by atoms with Crippen LogP contribution in [0.15, 0.2) is 48.5 Å². The number of nitrogens with one attached hydrogen (secondary N) is 1. The summed E-state index contributed by atoms with van der Waals surface area (Å²) in [6.07, 6.45) is 6.25. The largest absolute Gasteiger partial charge is 0.352 e. The Bertz CT molecular complexity index is 1160. The molecule has 0 radical (unpaired) electrons. The van der Waals surface area contributed by atoms with E-state index in [9.17, 15) is 18.0 Å². The van der Waals surface area contributed by atoms with Gasteiger partial charge in [0.15, 0.2) is 0 Å². The van der Waals surface area contributed by atoms with Crippen molar-refractivity contribution in [3.05, 3.63) is 64.7 Å². The van der Waals surface area contributed by atoms with Gasteiger partial charge in [-0.25, -0.2) is 8.42 Å². The minimum Gasteiger partial charge on any atom is -0.352 e. The van der Waals surface area contributed by atoms with Gasteiger partial charge in [0.25, 0.3) is 0 Å². The minimum atomic E-state index is -3.55. The summed E-state index contributed by atoms with van der Waals surface area (Å²) in [5.74, 6) is -0.284. The zero-order valence-electron chi connectivity index (χ0n) is 22.0. The van der Waals surface area contributed by atoms with E-state index in [0.717, 1.165) is 43.1 Å². The molecule has 2 aromatic rings. The van der Waals surface area contributed by atoms with Gasteiger partial charge in [-0.1, -0.05) is 61.2 Å². The predicted octanol–water partition coefficient (Wildman–Crippen LogP) is 5.06. The van der Waals surface area contributed by atoms with E-state index in [2.05, 4.69) is 5.32 Å². The summed E-state index contributed by atoms with van der Waals surface area (Å²) in [5.41, 5.74) is 2.54. The van der Waals surface area contributed by atoms with Gasteiger partial charge < -0.3 is 10.2 Å². The van der Waals surface area contributed by atoms with E-state index in [1.54, 1.807) is 29.2 Å². The number of sulfonamides is 1. The Balaban J connectivity index is 1.75. The predicted molar refractivity (Wildman–Crippen MR) is 149 cm³/mol. The Kier molecular flexibility index (Phi) is 10.4. The lowest BCUT2D eigenvalue weighted by molar-refractivity contribution is -0.141. The Morgan fingerprint density at radius 3 is 2.38 bits per heavy atom. The number of anilines is 1. The molecule has 1 aliphatic rings. The molecule has 0 spiro atoms. The van der Waals surface area contributed by atoms with Crippen LogP contribution in [-0.2, 0) is 26.2 Å². The van der Waals surface area contributed by atoms with Crippen LogP contribution in [-0.4, -0.2) is 50.0 Å². The van der Waals surface area contributed by atoms with E-state index in [1.807, 2.05) is 38.1 Å². The van der Waals surface area contributed by atoms with Crippen LogP contribution < -0.4 is 9.62 Å². The molecule has 2 aromatic carbocycles. The summed E-state index contributed by atoms with van der Waals surface area (Å²) in [6, 6.07) is 14.1. The van der Waals surface area contributed by atoms with Crippen LogP contribution in [0.25, 0.3) is 0 Å². The standard InChI is InChI=1S/C28H38ClN3O4S/c1-4-26(28(34)30-24-11-5-6-12-24)31(20-22-10-7-9-21(2)19-22)27(33)13-8-18-32(37(3,35)36)25-16-14-23(29)15-17-25/h7,9-10,14-17,19,24,26H,4-6,8,11-13,18,20H2,1-3H3,(H,30,34)/t26-/m0/s1. The first-order valence-electron chi connectivity index (χ1n) is 13.0. The maximum absolute atomic E-state index is 13.5. The Labute approximate surface area is 226 Å². The summed E-state index contributed by atoms with van der Waals surface area (Å²) in [5, 5.41) is 3.67. The molecule has 0 bridgehead atoms. The third-order valence-electron chi connectivity index (χ3n) is 6.79. The molecule has 9 heteroatoms. The van der Waals surface area contributed by atoms with Crippen LogP contribution in [0.2, 0.25) is 5.02 Å². The van der Waals surface area contributed by atoms with Gasteiger partial charge in [0.1, 0.15) is 6.04 Å². The molecule has 37 heavy (non-hydrogen) atoms.